The van der Waals surface area contributed by atoms with Crippen molar-refractivity contribution in [1.82, 2.24) is 5.32 Å². The molecular weight excluding hydrogens is 235 g/mol. The molecule has 1 N–H and O–H groups in total. The first-order chi connectivity index (χ1) is 7.89. The number of nitrogens with one attached hydrogen (secondary N) is 1. The molecule has 0 bridgehead atoms. The van der Waals surface area contributed by atoms with E-state index in [0.717, 1.165) is 25.7 Å². The van der Waals surface area contributed by atoms with Gasteiger partial charge in [-0.1, -0.05) is 33.1 Å². The lowest BCUT2D eigenvalue weighted by Crippen LogP contribution is -2.32. The van der Waals surface area contributed by atoms with Crippen molar-refractivity contribution < 1.29 is 22.7 Å². The Morgan fingerprint density at radius 1 is 1.35 bits per heavy atom. The van der Waals surface area contributed by atoms with Gasteiger partial charge >= 0.3 is 12.3 Å². The van der Waals surface area contributed by atoms with E-state index < -0.39 is 18.9 Å². The third kappa shape index (κ3) is 9.96. The van der Waals surface area contributed by atoms with E-state index in [2.05, 4.69) is 17.0 Å². The normalized spacial score (nSPS) is 13.2. The number of rotatable bonds is 7. The summed E-state index contributed by atoms with van der Waals surface area (Å²) in [6.07, 6.45) is -1.50. The number of hydrogen-bond donors (Lipinski definition) is 1. The van der Waals surface area contributed by atoms with Gasteiger partial charge < -0.3 is 10.1 Å². The van der Waals surface area contributed by atoms with Gasteiger partial charge in [-0.05, 0) is 12.3 Å². The second-order valence-corrected chi connectivity index (χ2v) is 3.99. The quantitative estimate of drug-likeness (QED) is 0.756. The van der Waals surface area contributed by atoms with Crippen molar-refractivity contribution >= 4 is 6.09 Å². The van der Waals surface area contributed by atoms with E-state index in [-0.39, 0.29) is 0 Å². The number of halogens is 3. The minimum Gasteiger partial charge on any atom is -0.440 e. The van der Waals surface area contributed by atoms with Gasteiger partial charge in [-0.25, -0.2) is 4.79 Å². The Hall–Kier alpha value is -0.940. The van der Waals surface area contributed by atoms with Gasteiger partial charge in [0.05, 0.1) is 0 Å². The van der Waals surface area contributed by atoms with Crippen LogP contribution in [-0.4, -0.2) is 25.4 Å². The zero-order chi connectivity index (χ0) is 13.3. The van der Waals surface area contributed by atoms with E-state index >= 15 is 0 Å². The van der Waals surface area contributed by atoms with Crippen LogP contribution in [0.4, 0.5) is 18.0 Å². The molecule has 0 saturated heterocycles. The second kappa shape index (κ2) is 8.20. The summed E-state index contributed by atoms with van der Waals surface area (Å²) in [5, 5.41) is 2.35. The number of carbonyl (C=O) groups excluding carboxylic acids is 1. The maximum Gasteiger partial charge on any atom is 0.422 e. The Bertz CT molecular complexity index is 219. The fraction of sp³-hybridized carbons (Fsp3) is 0.909. The van der Waals surface area contributed by atoms with Crippen LogP contribution in [0.1, 0.15) is 39.5 Å². The summed E-state index contributed by atoms with van der Waals surface area (Å²) in [5.74, 6) is 0.299. The Balaban J connectivity index is 3.73. The van der Waals surface area contributed by atoms with E-state index in [9.17, 15) is 18.0 Å². The molecule has 0 heterocycles. The monoisotopic (exact) mass is 255 g/mol. The number of carbonyl (C=O) groups is 1. The highest BCUT2D eigenvalue weighted by Crippen LogP contribution is 2.14. The average molecular weight is 255 g/mol. The molecule has 6 heteroatoms. The maximum absolute atomic E-state index is 11.7. The number of ether oxygens (including phenoxy) is 1. The molecular formula is C11H20F3NO2. The summed E-state index contributed by atoms with van der Waals surface area (Å²) >= 11 is 0. The molecule has 0 aromatic heterocycles. The Morgan fingerprint density at radius 3 is 2.47 bits per heavy atom. The van der Waals surface area contributed by atoms with E-state index in [1.165, 1.54) is 0 Å². The minimum absolute atomic E-state index is 0.299. The number of alkyl halides is 3. The Morgan fingerprint density at radius 2 is 2.00 bits per heavy atom. The Labute approximate surface area is 99.7 Å². The van der Waals surface area contributed by atoms with Gasteiger partial charge in [0.2, 0.25) is 0 Å². The van der Waals surface area contributed by atoms with Crippen LogP contribution in [0.5, 0.6) is 0 Å². The summed E-state index contributed by atoms with van der Waals surface area (Å²) in [5.41, 5.74) is 0. The molecule has 0 aromatic carbocycles. The molecule has 102 valence electrons. The molecule has 0 saturated carbocycles. The number of alkyl carbamates (subject to hydrolysis) is 1. The average Bonchev–Trinajstić information content (AvgIpc) is 2.25. The summed E-state index contributed by atoms with van der Waals surface area (Å²) in [7, 11) is 0. The highest BCUT2D eigenvalue weighted by Gasteiger charge is 2.29. The zero-order valence-electron chi connectivity index (χ0n) is 10.3. The SMILES string of the molecule is CCCCC(CC)CNC(=O)OCC(F)(F)F. The smallest absolute Gasteiger partial charge is 0.422 e. The van der Waals surface area contributed by atoms with Gasteiger partial charge in [0.25, 0.3) is 0 Å². The van der Waals surface area contributed by atoms with Crippen LogP contribution in [0.3, 0.4) is 0 Å². The van der Waals surface area contributed by atoms with Crippen molar-refractivity contribution in [2.45, 2.75) is 45.7 Å². The lowest BCUT2D eigenvalue weighted by molar-refractivity contribution is -0.160. The van der Waals surface area contributed by atoms with Gasteiger partial charge in [0.15, 0.2) is 6.61 Å². The summed E-state index contributed by atoms with van der Waals surface area (Å²) in [6, 6.07) is 0. The predicted octanol–water partition coefficient (Wildman–Crippen LogP) is 3.49. The first-order valence-electron chi connectivity index (χ1n) is 5.86. The van der Waals surface area contributed by atoms with Crippen molar-refractivity contribution in [2.75, 3.05) is 13.2 Å². The summed E-state index contributed by atoms with van der Waals surface area (Å²) in [6.45, 7) is 2.89. The highest BCUT2D eigenvalue weighted by molar-refractivity contribution is 5.67. The van der Waals surface area contributed by atoms with Crippen molar-refractivity contribution in [3.05, 3.63) is 0 Å². The van der Waals surface area contributed by atoms with Crippen LogP contribution in [-0.2, 0) is 4.74 Å². The fourth-order valence-corrected chi connectivity index (χ4v) is 1.37. The maximum atomic E-state index is 11.7. The molecule has 0 spiro atoms. The lowest BCUT2D eigenvalue weighted by Gasteiger charge is -2.15. The van der Waals surface area contributed by atoms with E-state index in [1.54, 1.807) is 0 Å². The fourth-order valence-electron chi connectivity index (χ4n) is 1.37. The molecule has 0 radical (unpaired) electrons. The van der Waals surface area contributed by atoms with Gasteiger partial charge in [-0.3, -0.25) is 0 Å². The molecule has 1 amide bonds. The number of unbranched alkanes of at least 4 members (excludes halogenated alkanes) is 1. The summed E-state index contributed by atoms with van der Waals surface area (Å²) in [4.78, 5) is 11.0. The lowest BCUT2D eigenvalue weighted by atomic mass is 10.00. The van der Waals surface area contributed by atoms with Gasteiger partial charge in [0, 0.05) is 6.54 Å². The standard InChI is InChI=1S/C11H20F3NO2/c1-3-5-6-9(4-2)7-15-10(16)17-8-11(12,13)14/h9H,3-8H2,1-2H3,(H,15,16). The second-order valence-electron chi connectivity index (χ2n) is 3.99. The van der Waals surface area contributed by atoms with Crippen LogP contribution < -0.4 is 5.32 Å². The molecule has 0 fully saturated rings. The predicted molar refractivity (Wildman–Crippen MR) is 58.7 cm³/mol. The van der Waals surface area contributed by atoms with Gasteiger partial charge in [-0.2, -0.15) is 13.2 Å². The van der Waals surface area contributed by atoms with Gasteiger partial charge in [0.1, 0.15) is 0 Å². The van der Waals surface area contributed by atoms with E-state index in [4.69, 9.17) is 0 Å². The van der Waals surface area contributed by atoms with Crippen molar-refractivity contribution in [1.29, 1.82) is 0 Å². The molecule has 0 aliphatic rings. The highest BCUT2D eigenvalue weighted by atomic mass is 19.4. The van der Waals surface area contributed by atoms with Crippen molar-refractivity contribution in [3.8, 4) is 0 Å². The molecule has 0 aromatic rings. The van der Waals surface area contributed by atoms with E-state index in [0.29, 0.717) is 12.5 Å². The van der Waals surface area contributed by atoms with Crippen LogP contribution in [0.15, 0.2) is 0 Å². The first kappa shape index (κ1) is 16.1. The van der Waals surface area contributed by atoms with Crippen LogP contribution in [0, 0.1) is 5.92 Å². The molecule has 1 atom stereocenters. The minimum atomic E-state index is -4.47. The molecule has 1 unspecified atom stereocenters. The molecule has 17 heavy (non-hydrogen) atoms. The molecule has 0 rings (SSSR count). The third-order valence-corrected chi connectivity index (χ3v) is 2.45. The Kier molecular flexibility index (Phi) is 7.74. The summed E-state index contributed by atoms with van der Waals surface area (Å²) < 4.78 is 39.3. The zero-order valence-corrected chi connectivity index (χ0v) is 10.3. The molecule has 0 aliphatic heterocycles. The van der Waals surface area contributed by atoms with E-state index in [1.807, 2.05) is 6.92 Å². The molecule has 3 nitrogen and oxygen atoms in total. The topological polar surface area (TPSA) is 38.3 Å². The van der Waals surface area contributed by atoms with Crippen LogP contribution in [0.2, 0.25) is 0 Å². The molecule has 0 aliphatic carbocycles. The first-order valence-corrected chi connectivity index (χ1v) is 5.86. The third-order valence-electron chi connectivity index (χ3n) is 2.45. The van der Waals surface area contributed by atoms with Crippen LogP contribution in [0.25, 0.3) is 0 Å². The van der Waals surface area contributed by atoms with Crippen molar-refractivity contribution in [2.24, 2.45) is 5.92 Å². The van der Waals surface area contributed by atoms with Crippen molar-refractivity contribution in [3.63, 3.8) is 0 Å². The number of amides is 1. The number of hydrogen-bond acceptors (Lipinski definition) is 2. The van der Waals surface area contributed by atoms with Gasteiger partial charge in [-0.15, -0.1) is 0 Å². The van der Waals surface area contributed by atoms with Crippen LogP contribution >= 0.6 is 0 Å². The largest absolute Gasteiger partial charge is 0.440 e.